The van der Waals surface area contributed by atoms with Gasteiger partial charge in [0.05, 0.1) is 22.8 Å². The summed E-state index contributed by atoms with van der Waals surface area (Å²) in [4.78, 5) is 0. The van der Waals surface area contributed by atoms with E-state index in [1.54, 1.807) is 6.07 Å². The molecule has 0 aliphatic rings. The van der Waals surface area contributed by atoms with Crippen molar-refractivity contribution in [2.75, 3.05) is 5.73 Å². The summed E-state index contributed by atoms with van der Waals surface area (Å²) in [5.74, 6) is 0. The molecule has 0 unspecified atom stereocenters. The first-order chi connectivity index (χ1) is 10.5. The molecule has 0 atom stereocenters. The summed E-state index contributed by atoms with van der Waals surface area (Å²) in [6.45, 7) is 0. The molecule has 0 aliphatic carbocycles. The Morgan fingerprint density at radius 3 is 1.78 bits per heavy atom. The molecule has 0 fully saturated rings. The van der Waals surface area contributed by atoms with E-state index in [1.165, 1.54) is 12.1 Å². The van der Waals surface area contributed by atoms with Gasteiger partial charge in [-0.1, -0.05) is 0 Å². The molecule has 0 amide bonds. The van der Waals surface area contributed by atoms with Gasteiger partial charge in [-0.15, -0.1) is 0 Å². The monoisotopic (exact) mass is 330 g/mol. The van der Waals surface area contributed by atoms with Crippen molar-refractivity contribution in [1.82, 2.24) is 0 Å². The molecule has 0 bridgehead atoms. The van der Waals surface area contributed by atoms with Crippen molar-refractivity contribution < 1.29 is 26.3 Å². The number of anilines is 1. The van der Waals surface area contributed by atoms with E-state index in [1.807, 2.05) is 0 Å². The van der Waals surface area contributed by atoms with Crippen LogP contribution in [0.3, 0.4) is 0 Å². The maximum Gasteiger partial charge on any atom is 0.416 e. The minimum Gasteiger partial charge on any atom is -0.398 e. The molecule has 2 aromatic carbocycles. The largest absolute Gasteiger partial charge is 0.416 e. The summed E-state index contributed by atoms with van der Waals surface area (Å²) in [5.41, 5.74) is 2.35. The number of nitrogens with two attached hydrogens (primary N) is 1. The second-order valence-electron chi connectivity index (χ2n) is 4.71. The van der Waals surface area contributed by atoms with Gasteiger partial charge in [0.1, 0.15) is 0 Å². The highest BCUT2D eigenvalue weighted by molar-refractivity contribution is 5.78. The van der Waals surface area contributed by atoms with Gasteiger partial charge >= 0.3 is 12.4 Å². The lowest BCUT2D eigenvalue weighted by Gasteiger charge is -2.15. The van der Waals surface area contributed by atoms with Crippen molar-refractivity contribution in [2.45, 2.75) is 12.4 Å². The van der Waals surface area contributed by atoms with Gasteiger partial charge in [-0.25, -0.2) is 0 Å². The standard InChI is InChI=1S/C15H8F6N2/c16-14(17,18)10-4-9(5-11(6-10)15(19,20)21)12-3-8(7-22)1-2-13(12)23/h1-6H,23H2. The van der Waals surface area contributed by atoms with E-state index in [-0.39, 0.29) is 28.4 Å². The smallest absolute Gasteiger partial charge is 0.398 e. The van der Waals surface area contributed by atoms with Crippen molar-refractivity contribution in [3.05, 3.63) is 53.1 Å². The maximum absolute atomic E-state index is 12.8. The fourth-order valence-corrected chi connectivity index (χ4v) is 1.99. The molecule has 8 heteroatoms. The molecule has 0 saturated carbocycles. The average molecular weight is 330 g/mol. The average Bonchev–Trinajstić information content (AvgIpc) is 2.45. The molecule has 0 heterocycles. The quantitative estimate of drug-likeness (QED) is 0.600. The Labute approximate surface area is 126 Å². The molecule has 0 spiro atoms. The molecule has 2 aromatic rings. The Balaban J connectivity index is 2.75. The first-order valence-electron chi connectivity index (χ1n) is 6.12. The van der Waals surface area contributed by atoms with E-state index in [9.17, 15) is 26.3 Å². The lowest BCUT2D eigenvalue weighted by molar-refractivity contribution is -0.143. The third-order valence-corrected chi connectivity index (χ3v) is 3.08. The Morgan fingerprint density at radius 2 is 1.35 bits per heavy atom. The zero-order valence-electron chi connectivity index (χ0n) is 11.3. The molecule has 2 nitrogen and oxygen atoms in total. The van der Waals surface area contributed by atoms with Gasteiger partial charge in [-0.3, -0.25) is 0 Å². The summed E-state index contributed by atoms with van der Waals surface area (Å²) < 4.78 is 77.1. The Hall–Kier alpha value is -2.69. The van der Waals surface area contributed by atoms with Crippen molar-refractivity contribution >= 4 is 5.69 Å². The van der Waals surface area contributed by atoms with Crippen LogP contribution in [0.15, 0.2) is 36.4 Å². The lowest BCUT2D eigenvalue weighted by atomic mass is 9.96. The Kier molecular flexibility index (Phi) is 3.99. The third-order valence-electron chi connectivity index (χ3n) is 3.08. The van der Waals surface area contributed by atoms with Crippen LogP contribution < -0.4 is 5.73 Å². The van der Waals surface area contributed by atoms with Crippen LogP contribution in [0.5, 0.6) is 0 Å². The van der Waals surface area contributed by atoms with Gasteiger partial charge in [-0.05, 0) is 42.0 Å². The normalized spacial score (nSPS) is 12.0. The number of halogens is 6. The van der Waals surface area contributed by atoms with Gasteiger partial charge in [-0.2, -0.15) is 31.6 Å². The topological polar surface area (TPSA) is 49.8 Å². The predicted octanol–water partition coefficient (Wildman–Crippen LogP) is 4.85. The fourth-order valence-electron chi connectivity index (χ4n) is 1.99. The Morgan fingerprint density at radius 1 is 0.826 bits per heavy atom. The van der Waals surface area contributed by atoms with Crippen LogP contribution in [-0.4, -0.2) is 0 Å². The van der Waals surface area contributed by atoms with Crippen LogP contribution in [0.25, 0.3) is 11.1 Å². The lowest BCUT2D eigenvalue weighted by Crippen LogP contribution is -2.11. The molecular formula is C15H8F6N2. The number of rotatable bonds is 1. The summed E-state index contributed by atoms with van der Waals surface area (Å²) in [6, 6.07) is 6.64. The van der Waals surface area contributed by atoms with Gasteiger partial charge in [0, 0.05) is 11.3 Å². The second kappa shape index (κ2) is 5.50. The van der Waals surface area contributed by atoms with Crippen LogP contribution in [0.1, 0.15) is 16.7 Å². The van der Waals surface area contributed by atoms with Gasteiger partial charge < -0.3 is 5.73 Å². The summed E-state index contributed by atoms with van der Waals surface area (Å²) in [7, 11) is 0. The molecular weight excluding hydrogens is 322 g/mol. The van der Waals surface area contributed by atoms with Crippen LogP contribution >= 0.6 is 0 Å². The van der Waals surface area contributed by atoms with E-state index in [2.05, 4.69) is 0 Å². The van der Waals surface area contributed by atoms with Crippen LogP contribution in [-0.2, 0) is 12.4 Å². The molecule has 0 aliphatic heterocycles. The van der Waals surface area contributed by atoms with Crippen molar-refractivity contribution in [2.24, 2.45) is 0 Å². The van der Waals surface area contributed by atoms with Crippen LogP contribution in [0.2, 0.25) is 0 Å². The number of nitrogen functional groups attached to an aromatic ring is 1. The van der Waals surface area contributed by atoms with Gasteiger partial charge in [0.25, 0.3) is 0 Å². The zero-order chi connectivity index (χ0) is 17.4. The molecule has 120 valence electrons. The highest BCUT2D eigenvalue weighted by Crippen LogP contribution is 2.39. The SMILES string of the molecule is N#Cc1ccc(N)c(-c2cc(C(F)(F)F)cc(C(F)(F)F)c2)c1. The van der Waals surface area contributed by atoms with E-state index in [0.29, 0.717) is 12.1 Å². The summed E-state index contributed by atoms with van der Waals surface area (Å²) >= 11 is 0. The van der Waals surface area contributed by atoms with Crippen LogP contribution in [0.4, 0.5) is 32.0 Å². The first kappa shape index (κ1) is 16.7. The second-order valence-corrected chi connectivity index (χ2v) is 4.71. The van der Waals surface area contributed by atoms with E-state index in [0.717, 1.165) is 6.07 Å². The fraction of sp³-hybridized carbons (Fsp3) is 0.133. The number of hydrogen-bond acceptors (Lipinski definition) is 2. The summed E-state index contributed by atoms with van der Waals surface area (Å²) in [5, 5.41) is 8.82. The zero-order valence-corrected chi connectivity index (χ0v) is 11.3. The first-order valence-corrected chi connectivity index (χ1v) is 6.12. The van der Waals surface area contributed by atoms with Gasteiger partial charge in [0.15, 0.2) is 0 Å². The predicted molar refractivity (Wildman–Crippen MR) is 71.0 cm³/mol. The van der Waals surface area contributed by atoms with Crippen molar-refractivity contribution in [3.8, 4) is 17.2 Å². The minimum absolute atomic E-state index is 0.0311. The number of nitrogens with zero attached hydrogens (tertiary/aromatic N) is 1. The molecule has 23 heavy (non-hydrogen) atoms. The molecule has 0 aromatic heterocycles. The van der Waals surface area contributed by atoms with Gasteiger partial charge in [0.2, 0.25) is 0 Å². The number of alkyl halides is 6. The van der Waals surface area contributed by atoms with Crippen molar-refractivity contribution in [3.63, 3.8) is 0 Å². The molecule has 2 rings (SSSR count). The van der Waals surface area contributed by atoms with E-state index in [4.69, 9.17) is 11.0 Å². The van der Waals surface area contributed by atoms with E-state index < -0.39 is 23.5 Å². The molecule has 2 N–H and O–H groups in total. The third kappa shape index (κ3) is 3.56. The Bertz CT molecular complexity index is 752. The molecule has 0 saturated heterocycles. The summed E-state index contributed by atoms with van der Waals surface area (Å²) in [6.07, 6.45) is -9.89. The van der Waals surface area contributed by atoms with E-state index >= 15 is 0 Å². The van der Waals surface area contributed by atoms with Crippen molar-refractivity contribution in [1.29, 1.82) is 5.26 Å². The molecule has 0 radical (unpaired) electrons. The van der Waals surface area contributed by atoms with Crippen LogP contribution in [0, 0.1) is 11.3 Å². The highest BCUT2D eigenvalue weighted by Gasteiger charge is 2.37. The minimum atomic E-state index is -4.95. The maximum atomic E-state index is 12.8. The number of hydrogen-bond donors (Lipinski definition) is 1. The number of benzene rings is 2. The number of nitriles is 1. The highest BCUT2D eigenvalue weighted by atomic mass is 19.4.